The summed E-state index contributed by atoms with van der Waals surface area (Å²) < 4.78 is 5.09. The van der Waals surface area contributed by atoms with Crippen molar-refractivity contribution < 1.29 is 19.4 Å². The molecule has 26 heavy (non-hydrogen) atoms. The van der Waals surface area contributed by atoms with Gasteiger partial charge in [0.1, 0.15) is 5.75 Å². The summed E-state index contributed by atoms with van der Waals surface area (Å²) in [5.41, 5.74) is 0.406. The first-order chi connectivity index (χ1) is 12.4. The number of amides is 1. The molecule has 0 radical (unpaired) electrons. The smallest absolute Gasteiger partial charge is 0.264 e. The second-order valence-electron chi connectivity index (χ2n) is 6.55. The average molecular weight is 351 g/mol. The molecule has 1 atom stereocenters. The number of ketones is 1. The summed E-state index contributed by atoms with van der Waals surface area (Å²) in [6.45, 7) is 5.96. The molecule has 0 bridgehead atoms. The van der Waals surface area contributed by atoms with Crippen LogP contribution in [0.25, 0.3) is 0 Å². The van der Waals surface area contributed by atoms with Gasteiger partial charge in [-0.3, -0.25) is 9.59 Å². The van der Waals surface area contributed by atoms with Crippen molar-refractivity contribution in [2.45, 2.75) is 18.9 Å². The van der Waals surface area contributed by atoms with Crippen molar-refractivity contribution in [1.82, 2.24) is 0 Å². The Labute approximate surface area is 152 Å². The van der Waals surface area contributed by atoms with E-state index in [1.807, 2.05) is 6.92 Å². The van der Waals surface area contributed by atoms with Gasteiger partial charge >= 0.3 is 0 Å². The van der Waals surface area contributed by atoms with E-state index in [4.69, 9.17) is 4.74 Å². The summed E-state index contributed by atoms with van der Waals surface area (Å²) in [6, 6.07) is 13.6. The van der Waals surface area contributed by atoms with Crippen molar-refractivity contribution in [3.63, 3.8) is 0 Å². The number of hydrogen-bond acceptors (Lipinski definition) is 4. The predicted octanol–water partition coefficient (Wildman–Crippen LogP) is 3.08. The Balaban J connectivity index is 1.93. The van der Waals surface area contributed by atoms with E-state index < -0.39 is 11.5 Å². The van der Waals surface area contributed by atoms with Gasteiger partial charge in [0, 0.05) is 17.7 Å². The average Bonchev–Trinajstić information content (AvgIpc) is 2.84. The first-order valence-electron chi connectivity index (χ1n) is 8.32. The number of carbonyl (C=O) groups excluding carboxylic acids is 2. The van der Waals surface area contributed by atoms with Gasteiger partial charge in [0.15, 0.2) is 11.4 Å². The maximum absolute atomic E-state index is 12.9. The molecule has 1 amide bonds. The first kappa shape index (κ1) is 17.9. The summed E-state index contributed by atoms with van der Waals surface area (Å²) in [6.07, 6.45) is -0.318. The first-order valence-corrected chi connectivity index (χ1v) is 8.32. The molecule has 3 rings (SSSR count). The van der Waals surface area contributed by atoms with E-state index >= 15 is 0 Å². The number of benzene rings is 2. The Kier molecular flexibility index (Phi) is 4.66. The molecule has 134 valence electrons. The molecule has 0 unspecified atom stereocenters. The highest BCUT2D eigenvalue weighted by Gasteiger charge is 2.50. The zero-order valence-corrected chi connectivity index (χ0v) is 14.9. The Hall–Kier alpha value is -2.92. The summed E-state index contributed by atoms with van der Waals surface area (Å²) in [7, 11) is 1.55. The minimum absolute atomic E-state index is 0.300. The van der Waals surface area contributed by atoms with Crippen LogP contribution in [0.5, 0.6) is 5.75 Å². The van der Waals surface area contributed by atoms with Gasteiger partial charge in [-0.05, 0) is 37.3 Å². The number of hydrogen-bond donors (Lipinski definition) is 1. The monoisotopic (exact) mass is 351 g/mol. The molecule has 0 aromatic heterocycles. The minimum atomic E-state index is -1.87. The summed E-state index contributed by atoms with van der Waals surface area (Å²) in [4.78, 5) is 27.1. The van der Waals surface area contributed by atoms with Crippen molar-refractivity contribution in [1.29, 1.82) is 0 Å². The standard InChI is InChI=1S/C21H21NO4/c1-14(2)13-22-18-7-5-4-6-17(18)21(25,20(22)24)12-19(23)15-8-10-16(26-3)11-9-15/h4-11,25H,1,12-13H2,2-3H3/t21-/m0/s1. The van der Waals surface area contributed by atoms with Gasteiger partial charge in [0.25, 0.3) is 5.91 Å². The van der Waals surface area contributed by atoms with Crippen LogP contribution < -0.4 is 9.64 Å². The van der Waals surface area contributed by atoms with E-state index in [0.717, 1.165) is 5.57 Å². The third-order valence-electron chi connectivity index (χ3n) is 4.50. The molecule has 0 fully saturated rings. The third-order valence-corrected chi connectivity index (χ3v) is 4.50. The molecule has 2 aromatic carbocycles. The van der Waals surface area contributed by atoms with Gasteiger partial charge in [0.2, 0.25) is 0 Å². The number of ether oxygens (including phenoxy) is 1. The topological polar surface area (TPSA) is 66.8 Å². The number of rotatable bonds is 6. The maximum atomic E-state index is 12.9. The van der Waals surface area contributed by atoms with Crippen LogP contribution in [-0.2, 0) is 10.4 Å². The van der Waals surface area contributed by atoms with Crippen LogP contribution in [-0.4, -0.2) is 30.5 Å². The van der Waals surface area contributed by atoms with Crippen LogP contribution in [0, 0.1) is 0 Å². The van der Waals surface area contributed by atoms with E-state index in [-0.39, 0.29) is 12.2 Å². The zero-order valence-electron chi connectivity index (χ0n) is 14.9. The van der Waals surface area contributed by atoms with Crippen molar-refractivity contribution in [2.24, 2.45) is 0 Å². The molecule has 0 aliphatic carbocycles. The number of methoxy groups -OCH3 is 1. The Morgan fingerprint density at radius 3 is 2.46 bits per heavy atom. The highest BCUT2D eigenvalue weighted by molar-refractivity contribution is 6.11. The molecule has 5 heteroatoms. The van der Waals surface area contributed by atoms with E-state index in [9.17, 15) is 14.7 Å². The largest absolute Gasteiger partial charge is 0.497 e. The molecule has 0 saturated carbocycles. The predicted molar refractivity (Wildman–Crippen MR) is 99.4 cm³/mol. The summed E-state index contributed by atoms with van der Waals surface area (Å²) >= 11 is 0. The van der Waals surface area contributed by atoms with Crippen molar-refractivity contribution in [3.8, 4) is 5.75 Å². The lowest BCUT2D eigenvalue weighted by atomic mass is 9.88. The fourth-order valence-corrected chi connectivity index (χ4v) is 3.22. The van der Waals surface area contributed by atoms with Crippen LogP contribution >= 0.6 is 0 Å². The second kappa shape index (κ2) is 6.77. The Morgan fingerprint density at radius 1 is 1.19 bits per heavy atom. The van der Waals surface area contributed by atoms with Crippen molar-refractivity contribution in [3.05, 3.63) is 71.8 Å². The third kappa shape index (κ3) is 3.02. The van der Waals surface area contributed by atoms with Gasteiger partial charge in [-0.25, -0.2) is 0 Å². The van der Waals surface area contributed by atoms with Gasteiger partial charge in [-0.15, -0.1) is 0 Å². The lowest BCUT2D eigenvalue weighted by molar-refractivity contribution is -0.135. The van der Waals surface area contributed by atoms with Crippen LogP contribution in [0.4, 0.5) is 5.69 Å². The van der Waals surface area contributed by atoms with Crippen LogP contribution in [0.1, 0.15) is 29.3 Å². The number of anilines is 1. The fraction of sp³-hybridized carbons (Fsp3) is 0.238. The number of aliphatic hydroxyl groups is 1. The van der Waals surface area contributed by atoms with Gasteiger partial charge < -0.3 is 14.7 Å². The van der Waals surface area contributed by atoms with Crippen LogP contribution in [0.2, 0.25) is 0 Å². The van der Waals surface area contributed by atoms with Gasteiger partial charge in [0.05, 0.1) is 19.2 Å². The molecule has 1 aliphatic rings. The SMILES string of the molecule is C=C(C)CN1C(=O)[C@](O)(CC(=O)c2ccc(OC)cc2)c2ccccc21. The number of para-hydroxylation sites is 1. The number of nitrogens with zero attached hydrogens (tertiary/aromatic N) is 1. The second-order valence-corrected chi connectivity index (χ2v) is 6.55. The highest BCUT2D eigenvalue weighted by Crippen LogP contribution is 2.43. The van der Waals surface area contributed by atoms with Crippen molar-refractivity contribution in [2.75, 3.05) is 18.6 Å². The quantitative estimate of drug-likeness (QED) is 0.642. The molecule has 2 aromatic rings. The summed E-state index contributed by atoms with van der Waals surface area (Å²) in [5, 5.41) is 11.2. The number of fused-ring (bicyclic) bond motifs is 1. The molecule has 1 heterocycles. The molecule has 1 aliphatic heterocycles. The zero-order chi connectivity index (χ0) is 18.9. The normalized spacial score (nSPS) is 18.6. The number of Topliss-reactive ketones (excluding diaryl/α,β-unsaturated/α-hetero) is 1. The molecule has 0 saturated heterocycles. The maximum Gasteiger partial charge on any atom is 0.264 e. The number of carbonyl (C=O) groups is 2. The van der Waals surface area contributed by atoms with Crippen LogP contribution in [0.15, 0.2) is 60.7 Å². The molecule has 1 N–H and O–H groups in total. The minimum Gasteiger partial charge on any atom is -0.497 e. The lowest BCUT2D eigenvalue weighted by Crippen LogP contribution is -2.42. The Bertz CT molecular complexity index is 872. The molecular formula is C21H21NO4. The summed E-state index contributed by atoms with van der Waals surface area (Å²) in [5.74, 6) is -0.172. The lowest BCUT2D eigenvalue weighted by Gasteiger charge is -2.23. The highest BCUT2D eigenvalue weighted by atomic mass is 16.5. The molecule has 5 nitrogen and oxygen atoms in total. The van der Waals surface area contributed by atoms with Gasteiger partial charge in [-0.1, -0.05) is 30.4 Å². The van der Waals surface area contributed by atoms with E-state index in [1.54, 1.807) is 55.6 Å². The van der Waals surface area contributed by atoms with Crippen LogP contribution in [0.3, 0.4) is 0 Å². The Morgan fingerprint density at radius 2 is 1.85 bits per heavy atom. The van der Waals surface area contributed by atoms with Gasteiger partial charge in [-0.2, -0.15) is 0 Å². The van der Waals surface area contributed by atoms with E-state index in [1.165, 1.54) is 4.90 Å². The van der Waals surface area contributed by atoms with E-state index in [0.29, 0.717) is 29.1 Å². The molecule has 0 spiro atoms. The fourth-order valence-electron chi connectivity index (χ4n) is 3.22. The van der Waals surface area contributed by atoms with Crippen molar-refractivity contribution >= 4 is 17.4 Å². The van der Waals surface area contributed by atoms with E-state index in [2.05, 4.69) is 6.58 Å². The molecular weight excluding hydrogens is 330 g/mol.